The van der Waals surface area contributed by atoms with Gasteiger partial charge in [0.1, 0.15) is 5.75 Å². The third-order valence-corrected chi connectivity index (χ3v) is 4.96. The first kappa shape index (κ1) is 18.3. The Morgan fingerprint density at radius 3 is 2.50 bits per heavy atom. The molecule has 6 nitrogen and oxygen atoms in total. The lowest BCUT2D eigenvalue weighted by molar-refractivity contribution is 0.0942. The van der Waals surface area contributed by atoms with Gasteiger partial charge in [-0.05, 0) is 49.2 Å². The fourth-order valence-corrected chi connectivity index (χ4v) is 3.43. The van der Waals surface area contributed by atoms with E-state index in [0.717, 1.165) is 5.56 Å². The maximum atomic E-state index is 12.4. The van der Waals surface area contributed by atoms with Crippen LogP contribution in [0.25, 0.3) is 0 Å². The van der Waals surface area contributed by atoms with Crippen molar-refractivity contribution in [2.24, 2.45) is 0 Å². The summed E-state index contributed by atoms with van der Waals surface area (Å²) in [4.78, 5) is 14.4. The molecule has 0 radical (unpaired) electrons. The minimum absolute atomic E-state index is 0.0980. The molecular formula is C16H17ClN2O4S. The molecule has 0 aliphatic heterocycles. The zero-order valence-corrected chi connectivity index (χ0v) is 15.0. The number of benzene rings is 2. The summed E-state index contributed by atoms with van der Waals surface area (Å²) in [5.41, 5.74) is 3.66. The number of aryl methyl sites for hydroxylation is 2. The number of hydrazine groups is 1. The molecule has 24 heavy (non-hydrogen) atoms. The van der Waals surface area contributed by atoms with Gasteiger partial charge in [0.05, 0.1) is 17.6 Å². The van der Waals surface area contributed by atoms with E-state index >= 15 is 0 Å². The molecule has 0 aliphatic rings. The van der Waals surface area contributed by atoms with Crippen LogP contribution in [0.15, 0.2) is 41.3 Å². The molecule has 0 saturated heterocycles. The second kappa shape index (κ2) is 7.21. The van der Waals surface area contributed by atoms with Gasteiger partial charge in [0, 0.05) is 5.02 Å². The maximum absolute atomic E-state index is 12.4. The highest BCUT2D eigenvalue weighted by Crippen LogP contribution is 2.22. The SMILES string of the molecule is COc1ccc(Cl)cc1C(=O)NNS(=O)(=O)c1cc(C)ccc1C. The monoisotopic (exact) mass is 368 g/mol. The van der Waals surface area contributed by atoms with Crippen molar-refractivity contribution >= 4 is 27.5 Å². The van der Waals surface area contributed by atoms with Crippen molar-refractivity contribution in [2.75, 3.05) is 7.11 Å². The summed E-state index contributed by atoms with van der Waals surface area (Å²) in [6, 6.07) is 9.52. The highest BCUT2D eigenvalue weighted by molar-refractivity contribution is 7.89. The molecule has 0 aliphatic carbocycles. The molecule has 0 unspecified atom stereocenters. The summed E-state index contributed by atoms with van der Waals surface area (Å²) in [7, 11) is -2.50. The van der Waals surface area contributed by atoms with Crippen molar-refractivity contribution in [3.63, 3.8) is 0 Å². The van der Waals surface area contributed by atoms with Gasteiger partial charge < -0.3 is 4.74 Å². The van der Waals surface area contributed by atoms with Gasteiger partial charge in [0.2, 0.25) is 0 Å². The van der Waals surface area contributed by atoms with Crippen molar-refractivity contribution in [1.82, 2.24) is 10.3 Å². The number of hydrogen-bond donors (Lipinski definition) is 2. The van der Waals surface area contributed by atoms with Crippen LogP contribution in [0.3, 0.4) is 0 Å². The smallest absolute Gasteiger partial charge is 0.270 e. The Kier molecular flexibility index (Phi) is 5.48. The van der Waals surface area contributed by atoms with E-state index in [9.17, 15) is 13.2 Å². The Labute approximate surface area is 145 Å². The van der Waals surface area contributed by atoms with Gasteiger partial charge in [0.25, 0.3) is 15.9 Å². The zero-order chi connectivity index (χ0) is 17.9. The van der Waals surface area contributed by atoms with Crippen LogP contribution in [0, 0.1) is 13.8 Å². The Morgan fingerprint density at radius 2 is 1.83 bits per heavy atom. The van der Waals surface area contributed by atoms with Gasteiger partial charge in [-0.2, -0.15) is 0 Å². The van der Waals surface area contributed by atoms with Gasteiger partial charge in [-0.3, -0.25) is 10.2 Å². The van der Waals surface area contributed by atoms with Crippen molar-refractivity contribution in [3.8, 4) is 5.75 Å². The third kappa shape index (κ3) is 4.05. The van der Waals surface area contributed by atoms with Gasteiger partial charge in [-0.25, -0.2) is 8.42 Å². The summed E-state index contributed by atoms with van der Waals surface area (Å²) in [5.74, 6) is -0.397. The largest absolute Gasteiger partial charge is 0.496 e. The molecule has 2 N–H and O–H groups in total. The fourth-order valence-electron chi connectivity index (χ4n) is 2.09. The van der Waals surface area contributed by atoms with Gasteiger partial charge in [-0.1, -0.05) is 23.7 Å². The number of amides is 1. The van der Waals surface area contributed by atoms with Crippen LogP contribution < -0.4 is 15.0 Å². The number of hydrogen-bond acceptors (Lipinski definition) is 4. The van der Waals surface area contributed by atoms with Crippen LogP contribution >= 0.6 is 11.6 Å². The molecular weight excluding hydrogens is 352 g/mol. The molecule has 1 amide bonds. The number of nitrogens with one attached hydrogen (secondary N) is 2. The van der Waals surface area contributed by atoms with Crippen LogP contribution in [0.2, 0.25) is 5.02 Å². The minimum atomic E-state index is -3.90. The van der Waals surface area contributed by atoms with Gasteiger partial charge in [0.15, 0.2) is 0 Å². The van der Waals surface area contributed by atoms with Crippen molar-refractivity contribution in [3.05, 3.63) is 58.1 Å². The lowest BCUT2D eigenvalue weighted by Crippen LogP contribution is -2.41. The minimum Gasteiger partial charge on any atom is -0.496 e. The Balaban J connectivity index is 2.22. The molecule has 8 heteroatoms. The number of methoxy groups -OCH3 is 1. The molecule has 0 fully saturated rings. The average molecular weight is 369 g/mol. The molecule has 0 heterocycles. The lowest BCUT2D eigenvalue weighted by Gasteiger charge is -2.12. The Bertz CT molecular complexity index is 882. The van der Waals surface area contributed by atoms with Gasteiger partial charge in [-0.15, -0.1) is 4.83 Å². The first-order valence-electron chi connectivity index (χ1n) is 6.97. The fraction of sp³-hybridized carbons (Fsp3) is 0.188. The molecule has 0 spiro atoms. The van der Waals surface area contributed by atoms with Crippen molar-refractivity contribution in [1.29, 1.82) is 0 Å². The number of sulfonamides is 1. The van der Waals surface area contributed by atoms with Crippen LogP contribution in [0.5, 0.6) is 5.75 Å². The molecule has 0 aromatic heterocycles. The second-order valence-corrected chi connectivity index (χ2v) is 7.26. The molecule has 2 aromatic carbocycles. The van der Waals surface area contributed by atoms with Crippen molar-refractivity contribution < 1.29 is 17.9 Å². The van der Waals surface area contributed by atoms with E-state index in [1.807, 2.05) is 6.07 Å². The van der Waals surface area contributed by atoms with Gasteiger partial charge >= 0.3 is 0 Å². The Hall–Kier alpha value is -2.09. The summed E-state index contributed by atoms with van der Waals surface area (Å²) in [6.07, 6.45) is 0. The normalized spacial score (nSPS) is 11.2. The quantitative estimate of drug-likeness (QED) is 0.794. The predicted molar refractivity (Wildman–Crippen MR) is 91.7 cm³/mol. The van der Waals surface area contributed by atoms with Crippen LogP contribution in [-0.2, 0) is 10.0 Å². The maximum Gasteiger partial charge on any atom is 0.270 e. The van der Waals surface area contributed by atoms with E-state index in [2.05, 4.69) is 10.3 Å². The number of ether oxygens (including phenoxy) is 1. The van der Waals surface area contributed by atoms with Crippen LogP contribution in [-0.4, -0.2) is 21.4 Å². The molecule has 2 aromatic rings. The van der Waals surface area contributed by atoms with Crippen LogP contribution in [0.1, 0.15) is 21.5 Å². The van der Waals surface area contributed by atoms with Crippen LogP contribution in [0.4, 0.5) is 0 Å². The van der Waals surface area contributed by atoms with E-state index in [4.69, 9.17) is 16.3 Å². The Morgan fingerprint density at radius 1 is 1.12 bits per heavy atom. The zero-order valence-electron chi connectivity index (χ0n) is 13.4. The van der Waals surface area contributed by atoms with E-state index in [0.29, 0.717) is 10.6 Å². The molecule has 0 atom stereocenters. The highest BCUT2D eigenvalue weighted by atomic mass is 35.5. The lowest BCUT2D eigenvalue weighted by atomic mass is 10.2. The summed E-state index contributed by atoms with van der Waals surface area (Å²) in [6.45, 7) is 3.46. The van der Waals surface area contributed by atoms with E-state index in [-0.39, 0.29) is 16.2 Å². The summed E-state index contributed by atoms with van der Waals surface area (Å²) in [5, 5.41) is 0.332. The number of rotatable bonds is 5. The first-order valence-corrected chi connectivity index (χ1v) is 8.83. The highest BCUT2D eigenvalue weighted by Gasteiger charge is 2.20. The average Bonchev–Trinajstić information content (AvgIpc) is 2.54. The molecule has 0 bridgehead atoms. The first-order chi connectivity index (χ1) is 11.2. The second-order valence-electron chi connectivity index (χ2n) is 5.17. The number of carbonyl (C=O) groups excluding carboxylic acids is 1. The number of carbonyl (C=O) groups is 1. The van der Waals surface area contributed by atoms with E-state index < -0.39 is 15.9 Å². The molecule has 2 rings (SSSR count). The molecule has 128 valence electrons. The van der Waals surface area contributed by atoms with E-state index in [1.165, 1.54) is 25.3 Å². The standard InChI is InChI=1S/C16H17ClN2O4S/c1-10-4-5-11(2)15(8-10)24(21,22)19-18-16(20)13-9-12(17)6-7-14(13)23-3/h4-9,19H,1-3H3,(H,18,20). The number of halogens is 1. The molecule has 0 saturated carbocycles. The summed E-state index contributed by atoms with van der Waals surface area (Å²) >= 11 is 5.87. The van der Waals surface area contributed by atoms with E-state index in [1.54, 1.807) is 26.0 Å². The summed E-state index contributed by atoms with van der Waals surface area (Å²) < 4.78 is 29.8. The predicted octanol–water partition coefficient (Wildman–Crippen LogP) is 2.59. The van der Waals surface area contributed by atoms with Crippen molar-refractivity contribution in [2.45, 2.75) is 18.7 Å². The third-order valence-electron chi connectivity index (χ3n) is 3.34. The topological polar surface area (TPSA) is 84.5 Å².